The Labute approximate surface area is 192 Å². The summed E-state index contributed by atoms with van der Waals surface area (Å²) in [6, 6.07) is 0.715. The van der Waals surface area contributed by atoms with Gasteiger partial charge < -0.3 is 0 Å². The average Bonchev–Trinajstić information content (AvgIpc) is 2.64. The molecule has 0 saturated carbocycles. The second-order valence-corrected chi connectivity index (χ2v) is 12.0. The van der Waals surface area contributed by atoms with Crippen molar-refractivity contribution in [2.45, 2.75) is 168 Å². The van der Waals surface area contributed by atoms with Crippen molar-refractivity contribution < 1.29 is 0 Å². The van der Waals surface area contributed by atoms with Gasteiger partial charge in [-0.05, 0) is 65.2 Å². The Morgan fingerprint density at radius 3 is 1.43 bits per heavy atom. The molecule has 0 spiro atoms. The first-order chi connectivity index (χ1) is 14.1. The zero-order chi connectivity index (χ0) is 22.8. The minimum absolute atomic E-state index is 0.207. The molecule has 0 N–H and O–H groups in total. The van der Waals surface area contributed by atoms with Gasteiger partial charge in [0.15, 0.2) is 0 Å². The predicted molar refractivity (Wildman–Crippen MR) is 138 cm³/mol. The molecule has 2 atom stereocenters. The molecule has 2 radical (unpaired) electrons. The molecule has 1 heterocycles. The van der Waals surface area contributed by atoms with E-state index in [0.29, 0.717) is 23.7 Å². The largest absolute Gasteiger partial charge is 0.290 e. The topological polar surface area (TPSA) is 3.24 Å². The van der Waals surface area contributed by atoms with Crippen molar-refractivity contribution >= 4 is 7.85 Å². The highest BCUT2D eigenvalue weighted by molar-refractivity contribution is 6.12. The van der Waals surface area contributed by atoms with Crippen molar-refractivity contribution in [3.63, 3.8) is 0 Å². The Balaban J connectivity index is 3.00. The van der Waals surface area contributed by atoms with Crippen molar-refractivity contribution in [2.24, 2.45) is 11.8 Å². The molecule has 176 valence electrons. The highest BCUT2D eigenvalue weighted by Crippen LogP contribution is 2.46. The number of rotatable bonds is 13. The molecule has 0 aromatic carbocycles. The Morgan fingerprint density at radius 1 is 0.700 bits per heavy atom. The third-order valence-corrected chi connectivity index (χ3v) is 7.91. The highest BCUT2D eigenvalue weighted by Gasteiger charge is 2.45. The van der Waals surface area contributed by atoms with E-state index in [1.807, 2.05) is 0 Å². The summed E-state index contributed by atoms with van der Waals surface area (Å²) < 4.78 is 0. The van der Waals surface area contributed by atoms with Crippen LogP contribution in [0.2, 0.25) is 5.82 Å². The predicted octanol–water partition coefficient (Wildman–Crippen LogP) is 8.96. The molecule has 1 aliphatic rings. The number of hydrogen-bond donors (Lipinski definition) is 0. The molecule has 0 aromatic heterocycles. The van der Waals surface area contributed by atoms with Gasteiger partial charge in [-0.1, -0.05) is 97.7 Å². The summed E-state index contributed by atoms with van der Waals surface area (Å²) in [6.45, 7) is 19.5. The summed E-state index contributed by atoms with van der Waals surface area (Å²) in [4.78, 5) is 2.98. The molecule has 2 heteroatoms. The Bertz CT molecular complexity index is 406. The first-order valence-electron chi connectivity index (χ1n) is 13.6. The van der Waals surface area contributed by atoms with Gasteiger partial charge in [-0.15, -0.1) is 0 Å². The van der Waals surface area contributed by atoms with Crippen molar-refractivity contribution in [3.05, 3.63) is 0 Å². The van der Waals surface area contributed by atoms with Crippen LogP contribution in [-0.2, 0) is 0 Å². The van der Waals surface area contributed by atoms with Crippen molar-refractivity contribution in [1.29, 1.82) is 0 Å². The van der Waals surface area contributed by atoms with Crippen LogP contribution in [0.3, 0.4) is 0 Å². The van der Waals surface area contributed by atoms with E-state index in [1.165, 1.54) is 89.9 Å². The fourth-order valence-electron chi connectivity index (χ4n) is 6.78. The van der Waals surface area contributed by atoms with Gasteiger partial charge in [0.2, 0.25) is 0 Å². The third kappa shape index (κ3) is 8.87. The fourth-order valence-corrected chi connectivity index (χ4v) is 6.78. The van der Waals surface area contributed by atoms with Gasteiger partial charge in [-0.25, -0.2) is 0 Å². The zero-order valence-corrected chi connectivity index (χ0v) is 22.2. The molecule has 0 aromatic rings. The number of unbranched alkanes of at least 4 members (excludes halogenated alkanes) is 8. The van der Waals surface area contributed by atoms with Gasteiger partial charge in [-0.3, -0.25) is 4.90 Å². The standard InChI is InChI=1S/C28H56BN/c1-9-11-13-15-17-19-25(20-18-16-14-12-10-2)30-27(5,6)21-23(3)26(29)24(4)22-28(30,7)8/h23-26H,9-22H2,1-8H3. The van der Waals surface area contributed by atoms with Gasteiger partial charge in [0.25, 0.3) is 0 Å². The molecule has 1 nitrogen and oxygen atoms in total. The number of likely N-dealkylation sites (tertiary alicyclic amines) is 1. The normalized spacial score (nSPS) is 27.2. The maximum absolute atomic E-state index is 6.69. The molecule has 0 bridgehead atoms. The second-order valence-electron chi connectivity index (χ2n) is 12.0. The SMILES string of the molecule is [B]C1C(C)CC(C)(C)N(C(CCCCCCC)CCCCCCC)C(C)(C)CC1C. The molecule has 1 saturated heterocycles. The Hall–Kier alpha value is 0.0249. The van der Waals surface area contributed by atoms with Crippen LogP contribution in [0.5, 0.6) is 0 Å². The monoisotopic (exact) mass is 417 g/mol. The van der Waals surface area contributed by atoms with Crippen LogP contribution in [-0.4, -0.2) is 29.9 Å². The van der Waals surface area contributed by atoms with Gasteiger partial charge in [0.1, 0.15) is 0 Å². The minimum atomic E-state index is 0.207. The van der Waals surface area contributed by atoms with Crippen LogP contribution in [0.25, 0.3) is 0 Å². The number of nitrogens with zero attached hydrogens (tertiary/aromatic N) is 1. The molecular weight excluding hydrogens is 361 g/mol. The van der Waals surface area contributed by atoms with E-state index in [4.69, 9.17) is 7.85 Å². The van der Waals surface area contributed by atoms with Crippen LogP contribution in [0.4, 0.5) is 0 Å². The summed E-state index contributed by atoms with van der Waals surface area (Å²) in [7, 11) is 6.69. The van der Waals surface area contributed by atoms with Gasteiger partial charge in [0, 0.05) is 17.1 Å². The molecule has 30 heavy (non-hydrogen) atoms. The van der Waals surface area contributed by atoms with Gasteiger partial charge in [0.05, 0.1) is 7.85 Å². The lowest BCUT2D eigenvalue weighted by Gasteiger charge is -2.57. The van der Waals surface area contributed by atoms with Crippen molar-refractivity contribution in [1.82, 2.24) is 4.90 Å². The molecule has 2 unspecified atom stereocenters. The summed E-state index contributed by atoms with van der Waals surface area (Å²) in [6.07, 6.45) is 19.1. The smallest absolute Gasteiger partial charge is 0.0706 e. The minimum Gasteiger partial charge on any atom is -0.290 e. The van der Waals surface area contributed by atoms with Crippen LogP contribution in [0.15, 0.2) is 0 Å². The fraction of sp³-hybridized carbons (Fsp3) is 1.00. The van der Waals surface area contributed by atoms with E-state index in [0.717, 1.165) is 0 Å². The summed E-state index contributed by atoms with van der Waals surface area (Å²) >= 11 is 0. The van der Waals surface area contributed by atoms with Gasteiger partial charge in [-0.2, -0.15) is 0 Å². The maximum Gasteiger partial charge on any atom is 0.0706 e. The van der Waals surface area contributed by atoms with Crippen molar-refractivity contribution in [3.8, 4) is 0 Å². The van der Waals surface area contributed by atoms with Crippen LogP contribution < -0.4 is 0 Å². The first-order valence-corrected chi connectivity index (χ1v) is 13.6. The molecule has 1 rings (SSSR count). The molecule has 1 fully saturated rings. The first kappa shape index (κ1) is 28.1. The molecule has 0 amide bonds. The van der Waals surface area contributed by atoms with Crippen LogP contribution in [0.1, 0.15) is 145 Å². The average molecular weight is 418 g/mol. The summed E-state index contributed by atoms with van der Waals surface area (Å²) in [5.41, 5.74) is 0.413. The van der Waals surface area contributed by atoms with E-state index in [1.54, 1.807) is 0 Å². The summed E-state index contributed by atoms with van der Waals surface area (Å²) in [5, 5.41) is 0. The molecule has 1 aliphatic heterocycles. The quantitative estimate of drug-likeness (QED) is 0.213. The molecular formula is C28H56BN. The van der Waals surface area contributed by atoms with E-state index in [2.05, 4.69) is 60.3 Å². The maximum atomic E-state index is 6.69. The lowest BCUT2D eigenvalue weighted by molar-refractivity contribution is -0.0640. The highest BCUT2D eigenvalue weighted by atomic mass is 15.3. The molecule has 0 aliphatic carbocycles. The van der Waals surface area contributed by atoms with E-state index in [-0.39, 0.29) is 11.1 Å². The Morgan fingerprint density at radius 2 is 1.07 bits per heavy atom. The number of hydrogen-bond acceptors (Lipinski definition) is 1. The lowest BCUT2D eigenvalue weighted by Crippen LogP contribution is -2.62. The Kier molecular flexibility index (Phi) is 12.7. The van der Waals surface area contributed by atoms with Crippen molar-refractivity contribution in [2.75, 3.05) is 0 Å². The lowest BCUT2D eigenvalue weighted by atomic mass is 9.61. The second kappa shape index (κ2) is 13.5. The van der Waals surface area contributed by atoms with E-state index >= 15 is 0 Å². The summed E-state index contributed by atoms with van der Waals surface area (Å²) in [5.74, 6) is 1.50. The van der Waals surface area contributed by atoms with Crippen LogP contribution >= 0.6 is 0 Å². The van der Waals surface area contributed by atoms with Gasteiger partial charge >= 0.3 is 0 Å². The van der Waals surface area contributed by atoms with Crippen LogP contribution in [0, 0.1) is 11.8 Å². The van der Waals surface area contributed by atoms with E-state index < -0.39 is 0 Å². The third-order valence-electron chi connectivity index (χ3n) is 7.91. The van der Waals surface area contributed by atoms with E-state index in [9.17, 15) is 0 Å². The zero-order valence-electron chi connectivity index (χ0n) is 22.2.